The van der Waals surface area contributed by atoms with E-state index in [-0.39, 0.29) is 25.9 Å². The summed E-state index contributed by atoms with van der Waals surface area (Å²) in [6, 6.07) is 0. The first-order valence-corrected chi connectivity index (χ1v) is 9.34. The van der Waals surface area contributed by atoms with Gasteiger partial charge in [-0.15, -0.1) is 0 Å². The lowest BCUT2D eigenvalue weighted by atomic mass is 10.0. The second-order valence-corrected chi connectivity index (χ2v) is 6.16. The van der Waals surface area contributed by atoms with Crippen LogP contribution in [0.15, 0.2) is 0 Å². The Kier molecular flexibility index (Phi) is 17.4. The molecule has 2 aliphatic heterocycles. The lowest BCUT2D eigenvalue weighted by Crippen LogP contribution is -2.42. The molecule has 2 aliphatic rings. The van der Waals surface area contributed by atoms with Gasteiger partial charge in [0.2, 0.25) is 0 Å². The summed E-state index contributed by atoms with van der Waals surface area (Å²) in [6.45, 7) is 2.92. The fourth-order valence-corrected chi connectivity index (χ4v) is 2.44. The average Bonchev–Trinajstić information content (AvgIpc) is 2.70. The fourth-order valence-electron chi connectivity index (χ4n) is 2.44. The van der Waals surface area contributed by atoms with Crippen molar-refractivity contribution in [2.75, 3.05) is 53.2 Å². The van der Waals surface area contributed by atoms with E-state index in [9.17, 15) is 5.11 Å². The van der Waals surface area contributed by atoms with Crippen molar-refractivity contribution in [3.05, 3.63) is 0 Å². The van der Waals surface area contributed by atoms with Crippen molar-refractivity contribution in [1.29, 1.82) is 0 Å². The zero-order valence-corrected chi connectivity index (χ0v) is 16.1. The van der Waals surface area contributed by atoms with Crippen LogP contribution in [0, 0.1) is 0 Å². The van der Waals surface area contributed by atoms with Crippen LogP contribution in [0.5, 0.6) is 0 Å². The van der Waals surface area contributed by atoms with Crippen LogP contribution in [-0.2, 0) is 14.2 Å². The molecule has 0 aromatic heterocycles. The van der Waals surface area contributed by atoms with Gasteiger partial charge < -0.3 is 50.2 Å². The van der Waals surface area contributed by atoms with Gasteiger partial charge in [0.25, 0.3) is 0 Å². The van der Waals surface area contributed by atoms with Crippen molar-refractivity contribution in [2.24, 2.45) is 0 Å². The van der Waals surface area contributed by atoms with Gasteiger partial charge in [0.15, 0.2) is 6.29 Å². The summed E-state index contributed by atoms with van der Waals surface area (Å²) in [5.74, 6) is 0. The van der Waals surface area contributed by atoms with Crippen molar-refractivity contribution < 1.29 is 44.8 Å². The lowest BCUT2D eigenvalue weighted by molar-refractivity contribution is -0.213. The second kappa shape index (κ2) is 17.7. The Bertz CT molecular complexity index is 325. The van der Waals surface area contributed by atoms with E-state index in [0.29, 0.717) is 26.2 Å². The molecule has 0 aliphatic carbocycles. The first kappa shape index (κ1) is 26.6. The van der Waals surface area contributed by atoms with E-state index >= 15 is 0 Å². The minimum absolute atomic E-state index is 0.0935. The Balaban J connectivity index is 0.000000488. The Morgan fingerprint density at radius 2 is 1.74 bits per heavy atom. The molecule has 5 unspecified atom stereocenters. The van der Waals surface area contributed by atoms with E-state index in [2.05, 4.69) is 5.32 Å². The highest BCUT2D eigenvalue weighted by atomic mass is 16.7. The molecule has 0 spiro atoms. The quantitative estimate of drug-likeness (QED) is 0.219. The van der Waals surface area contributed by atoms with Crippen molar-refractivity contribution in [1.82, 2.24) is 5.32 Å². The summed E-state index contributed by atoms with van der Waals surface area (Å²) >= 11 is 0. The van der Waals surface area contributed by atoms with Gasteiger partial charge in [-0.1, -0.05) is 0 Å². The smallest absolute Gasteiger partial charge is 0.183 e. The third kappa shape index (κ3) is 12.6. The van der Waals surface area contributed by atoms with Gasteiger partial charge in [-0.3, -0.25) is 0 Å². The van der Waals surface area contributed by atoms with Gasteiger partial charge in [0.1, 0.15) is 12.2 Å². The zero-order chi connectivity index (χ0) is 20.5. The summed E-state index contributed by atoms with van der Waals surface area (Å²) in [6.07, 6.45) is -0.0693. The molecular weight excluding hydrogens is 362 g/mol. The van der Waals surface area contributed by atoms with Crippen LogP contribution in [0.2, 0.25) is 0 Å². The van der Waals surface area contributed by atoms with Crippen LogP contribution in [-0.4, -0.2) is 115 Å². The number of rotatable bonds is 8. The minimum atomic E-state index is -0.789. The first-order valence-electron chi connectivity index (χ1n) is 9.34. The van der Waals surface area contributed by atoms with Crippen molar-refractivity contribution >= 4 is 0 Å². The van der Waals surface area contributed by atoms with Crippen molar-refractivity contribution in [2.45, 2.75) is 56.4 Å². The van der Waals surface area contributed by atoms with E-state index in [1.54, 1.807) is 0 Å². The van der Waals surface area contributed by atoms with E-state index in [1.807, 2.05) is 0 Å². The Hall–Kier alpha value is -0.400. The Morgan fingerprint density at radius 3 is 2.33 bits per heavy atom. The number of aliphatic hydroxyl groups is 6. The molecule has 7 N–H and O–H groups in total. The molecule has 0 radical (unpaired) electrons. The molecule has 10 heteroatoms. The summed E-state index contributed by atoms with van der Waals surface area (Å²) in [5.41, 5.74) is 0. The maximum atomic E-state index is 9.51. The van der Waals surface area contributed by atoms with Crippen molar-refractivity contribution in [3.8, 4) is 0 Å². The normalized spacial score (nSPS) is 30.6. The zero-order valence-electron chi connectivity index (χ0n) is 16.1. The number of nitrogens with one attached hydrogen (secondary N) is 1. The average molecular weight is 399 g/mol. The maximum Gasteiger partial charge on any atom is 0.183 e. The van der Waals surface area contributed by atoms with E-state index in [1.165, 1.54) is 0 Å². The van der Waals surface area contributed by atoms with Crippen LogP contribution >= 0.6 is 0 Å². The van der Waals surface area contributed by atoms with E-state index in [0.717, 1.165) is 32.9 Å². The molecule has 5 atom stereocenters. The van der Waals surface area contributed by atoms with Crippen LogP contribution in [0.25, 0.3) is 0 Å². The molecule has 2 rings (SSSR count). The number of aliphatic hydroxyl groups excluding tert-OH is 6. The third-order valence-electron chi connectivity index (χ3n) is 3.97. The summed E-state index contributed by atoms with van der Waals surface area (Å²) in [5, 5.41) is 54.7. The van der Waals surface area contributed by atoms with Gasteiger partial charge in [-0.05, 0) is 25.8 Å². The van der Waals surface area contributed by atoms with E-state index in [4.69, 9.17) is 39.7 Å². The lowest BCUT2D eigenvalue weighted by Gasteiger charge is -2.29. The highest BCUT2D eigenvalue weighted by Gasteiger charge is 2.27. The molecule has 0 aromatic carbocycles. The molecule has 0 saturated carbocycles. The van der Waals surface area contributed by atoms with E-state index < -0.39 is 24.6 Å². The summed E-state index contributed by atoms with van der Waals surface area (Å²) in [4.78, 5) is 0. The highest BCUT2D eigenvalue weighted by Crippen LogP contribution is 2.14. The molecule has 0 bridgehead atoms. The van der Waals surface area contributed by atoms with Crippen LogP contribution in [0.3, 0.4) is 0 Å². The molecule has 0 aromatic rings. The molecule has 27 heavy (non-hydrogen) atoms. The molecule has 10 nitrogen and oxygen atoms in total. The molecule has 164 valence electrons. The van der Waals surface area contributed by atoms with Gasteiger partial charge in [0.05, 0.1) is 32.0 Å². The summed E-state index contributed by atoms with van der Waals surface area (Å²) in [7, 11) is 1.00. The molecular formula is C17H37NO9. The molecule has 2 fully saturated rings. The van der Waals surface area contributed by atoms with Crippen LogP contribution in [0.1, 0.15) is 25.7 Å². The third-order valence-corrected chi connectivity index (χ3v) is 3.97. The molecule has 0 amide bonds. The largest absolute Gasteiger partial charge is 0.400 e. The Labute approximate surface area is 160 Å². The van der Waals surface area contributed by atoms with Gasteiger partial charge in [-0.25, -0.2) is 0 Å². The van der Waals surface area contributed by atoms with Crippen LogP contribution in [0.4, 0.5) is 0 Å². The standard InChI is InChI=1S/C10H21NO4.C6H12O4.CH4O/c12-6-2-4-11-5-8-15-10-9(13)3-1-7-14-10;7-2-4-1-5(8)6(9)3-10-4;1-2/h9-13H,1-8H2;4-9H,1-3H2;2H,1H3. The highest BCUT2D eigenvalue weighted by molar-refractivity contribution is 4.76. The topological polar surface area (TPSA) is 161 Å². The Morgan fingerprint density at radius 1 is 1.00 bits per heavy atom. The summed E-state index contributed by atoms with van der Waals surface area (Å²) < 4.78 is 15.6. The predicted octanol–water partition coefficient (Wildman–Crippen LogP) is -2.43. The predicted molar refractivity (Wildman–Crippen MR) is 97.1 cm³/mol. The van der Waals surface area contributed by atoms with Crippen LogP contribution < -0.4 is 5.32 Å². The maximum absolute atomic E-state index is 9.51. The number of hydrogen-bond donors (Lipinski definition) is 7. The minimum Gasteiger partial charge on any atom is -0.400 e. The SMILES string of the molecule is CO.OCC1CC(O)C(O)CO1.OCCCNCCOC1OCCCC1O. The second-order valence-electron chi connectivity index (χ2n) is 6.16. The molecule has 2 heterocycles. The number of hydrogen-bond acceptors (Lipinski definition) is 10. The number of ether oxygens (including phenoxy) is 3. The van der Waals surface area contributed by atoms with Crippen molar-refractivity contribution in [3.63, 3.8) is 0 Å². The molecule has 2 saturated heterocycles. The van der Waals surface area contributed by atoms with Gasteiger partial charge >= 0.3 is 0 Å². The fraction of sp³-hybridized carbons (Fsp3) is 1.00. The van der Waals surface area contributed by atoms with Gasteiger partial charge in [-0.2, -0.15) is 0 Å². The van der Waals surface area contributed by atoms with Gasteiger partial charge in [0, 0.05) is 33.3 Å². The monoisotopic (exact) mass is 399 g/mol. The first-order chi connectivity index (χ1) is 13.1.